The number of alkyl halides is 2. The van der Waals surface area contributed by atoms with E-state index in [0.717, 1.165) is 0 Å². The lowest BCUT2D eigenvalue weighted by Gasteiger charge is -2.20. The molecular formula is C26H22F3N7O. The summed E-state index contributed by atoms with van der Waals surface area (Å²) >= 11 is 0. The fourth-order valence-corrected chi connectivity index (χ4v) is 3.65. The van der Waals surface area contributed by atoms with Crippen molar-refractivity contribution in [2.45, 2.75) is 13.3 Å². The van der Waals surface area contributed by atoms with E-state index in [4.69, 9.17) is 17.0 Å². The Morgan fingerprint density at radius 1 is 1.05 bits per heavy atom. The van der Waals surface area contributed by atoms with Crippen LogP contribution in [0.2, 0.25) is 0 Å². The average Bonchev–Trinajstić information content (AvgIpc) is 2.88. The summed E-state index contributed by atoms with van der Waals surface area (Å²) < 4.78 is 46.7. The highest BCUT2D eigenvalue weighted by Gasteiger charge is 2.21. The van der Waals surface area contributed by atoms with Gasteiger partial charge in [0.05, 0.1) is 24.4 Å². The molecule has 0 radical (unpaired) electrons. The number of aromatic nitrogens is 4. The van der Waals surface area contributed by atoms with Crippen LogP contribution in [0.5, 0.6) is 5.88 Å². The zero-order valence-corrected chi connectivity index (χ0v) is 20.0. The molecule has 0 saturated carbocycles. The van der Waals surface area contributed by atoms with Gasteiger partial charge in [-0.15, -0.1) is 0 Å². The van der Waals surface area contributed by atoms with Crippen LogP contribution in [-0.4, -0.2) is 40.1 Å². The van der Waals surface area contributed by atoms with Crippen LogP contribution in [0.25, 0.3) is 27.2 Å². The van der Waals surface area contributed by atoms with Crippen LogP contribution in [0.3, 0.4) is 0 Å². The van der Waals surface area contributed by atoms with Gasteiger partial charge in [0.1, 0.15) is 23.9 Å². The van der Waals surface area contributed by atoms with Crippen LogP contribution in [0.15, 0.2) is 54.7 Å². The molecule has 3 aromatic heterocycles. The van der Waals surface area contributed by atoms with E-state index in [0.29, 0.717) is 46.1 Å². The second kappa shape index (κ2) is 10.9. The standard InChI is InChI=1S/C26H22F3N7O/c1-15-12-17(13-20(33-15)24(28)29)22-23(16-4-6-18(27)7-5-16)34-26(30)35-25(22)37-11-10-36(3)21-9-8-19(31-2)14-32-21/h4-9,12-14,24H,10-11H2,1,3H3,(H2,30,34,35). The minimum Gasteiger partial charge on any atom is -0.475 e. The van der Waals surface area contributed by atoms with E-state index < -0.39 is 17.9 Å². The van der Waals surface area contributed by atoms with Crippen molar-refractivity contribution >= 4 is 17.5 Å². The number of hydrogen-bond acceptors (Lipinski definition) is 7. The highest BCUT2D eigenvalue weighted by molar-refractivity contribution is 5.85. The predicted molar refractivity (Wildman–Crippen MR) is 134 cm³/mol. The van der Waals surface area contributed by atoms with E-state index >= 15 is 0 Å². The second-order valence-electron chi connectivity index (χ2n) is 8.10. The van der Waals surface area contributed by atoms with Crippen molar-refractivity contribution < 1.29 is 17.9 Å². The van der Waals surface area contributed by atoms with Crippen molar-refractivity contribution in [1.29, 1.82) is 0 Å². The van der Waals surface area contributed by atoms with Crippen molar-refractivity contribution in [2.75, 3.05) is 30.8 Å². The first-order valence-electron chi connectivity index (χ1n) is 11.1. The molecule has 0 amide bonds. The smallest absolute Gasteiger partial charge is 0.280 e. The highest BCUT2D eigenvalue weighted by atomic mass is 19.3. The van der Waals surface area contributed by atoms with Gasteiger partial charge in [-0.3, -0.25) is 9.97 Å². The number of anilines is 2. The van der Waals surface area contributed by atoms with Crippen molar-refractivity contribution in [1.82, 2.24) is 19.9 Å². The lowest BCUT2D eigenvalue weighted by molar-refractivity contribution is 0.146. The summed E-state index contributed by atoms with van der Waals surface area (Å²) in [6.45, 7) is 9.17. The van der Waals surface area contributed by atoms with Crippen molar-refractivity contribution in [3.8, 4) is 28.3 Å². The summed E-state index contributed by atoms with van der Waals surface area (Å²) in [5.41, 5.74) is 7.87. The van der Waals surface area contributed by atoms with E-state index in [1.165, 1.54) is 36.5 Å². The van der Waals surface area contributed by atoms with Gasteiger partial charge in [-0.05, 0) is 55.0 Å². The number of nitrogen functional groups attached to an aromatic ring is 1. The van der Waals surface area contributed by atoms with Crippen molar-refractivity contribution in [2.24, 2.45) is 0 Å². The number of nitrogens with zero attached hydrogens (tertiary/aromatic N) is 6. The minimum atomic E-state index is -2.79. The molecule has 3 heterocycles. The molecule has 0 aliphatic rings. The van der Waals surface area contributed by atoms with Crippen molar-refractivity contribution in [3.05, 3.63) is 83.4 Å². The lowest BCUT2D eigenvalue weighted by Crippen LogP contribution is -2.25. The Balaban J connectivity index is 1.72. The molecule has 11 heteroatoms. The molecule has 188 valence electrons. The van der Waals surface area contributed by atoms with Gasteiger partial charge in [0.25, 0.3) is 6.43 Å². The Morgan fingerprint density at radius 2 is 1.81 bits per heavy atom. The molecule has 0 bridgehead atoms. The van der Waals surface area contributed by atoms with Crippen molar-refractivity contribution in [3.63, 3.8) is 0 Å². The summed E-state index contributed by atoms with van der Waals surface area (Å²) in [4.78, 5) is 21.9. The van der Waals surface area contributed by atoms with Gasteiger partial charge in [0.15, 0.2) is 0 Å². The fourth-order valence-electron chi connectivity index (χ4n) is 3.65. The summed E-state index contributed by atoms with van der Waals surface area (Å²) in [7, 11) is 1.81. The molecule has 0 spiro atoms. The first-order valence-corrected chi connectivity index (χ1v) is 11.1. The molecule has 37 heavy (non-hydrogen) atoms. The highest BCUT2D eigenvalue weighted by Crippen LogP contribution is 2.39. The number of aryl methyl sites for hydroxylation is 1. The maximum Gasteiger partial charge on any atom is 0.280 e. The van der Waals surface area contributed by atoms with E-state index in [1.807, 2.05) is 11.9 Å². The Kier molecular flexibility index (Phi) is 7.48. The molecule has 0 aliphatic heterocycles. The normalized spacial score (nSPS) is 10.8. The monoisotopic (exact) mass is 505 g/mol. The number of benzene rings is 1. The number of nitrogens with two attached hydrogens (primary N) is 1. The minimum absolute atomic E-state index is 0.0855. The zero-order chi connectivity index (χ0) is 26.5. The van der Waals surface area contributed by atoms with E-state index in [9.17, 15) is 13.2 Å². The Labute approximate surface area is 211 Å². The van der Waals surface area contributed by atoms with Gasteiger partial charge >= 0.3 is 0 Å². The fraction of sp³-hybridized carbons (Fsp3) is 0.192. The molecule has 0 saturated heterocycles. The topological polar surface area (TPSA) is 94.4 Å². The van der Waals surface area contributed by atoms with Crippen LogP contribution in [0, 0.1) is 19.3 Å². The molecule has 0 unspecified atom stereocenters. The molecular weight excluding hydrogens is 483 g/mol. The number of likely N-dealkylation sites (N-methyl/N-ethyl adjacent to an activating group) is 1. The number of hydrogen-bond donors (Lipinski definition) is 1. The van der Waals surface area contributed by atoms with E-state index in [1.54, 1.807) is 25.1 Å². The third kappa shape index (κ3) is 5.92. The number of halogens is 3. The zero-order valence-electron chi connectivity index (χ0n) is 20.0. The largest absolute Gasteiger partial charge is 0.475 e. The quantitative estimate of drug-likeness (QED) is 0.310. The number of ether oxygens (including phenoxy) is 1. The Morgan fingerprint density at radius 3 is 2.46 bits per heavy atom. The maximum absolute atomic E-state index is 13.6. The average molecular weight is 506 g/mol. The first-order chi connectivity index (χ1) is 17.7. The van der Waals surface area contributed by atoms with Crippen LogP contribution >= 0.6 is 0 Å². The molecule has 0 aliphatic carbocycles. The molecule has 0 fully saturated rings. The molecule has 2 N–H and O–H groups in total. The predicted octanol–water partition coefficient (Wildman–Crippen LogP) is 5.63. The summed E-state index contributed by atoms with van der Waals surface area (Å²) in [6, 6.07) is 11.8. The molecule has 1 aromatic carbocycles. The molecule has 0 atom stereocenters. The van der Waals surface area contributed by atoms with Gasteiger partial charge in [-0.25, -0.2) is 23.0 Å². The van der Waals surface area contributed by atoms with Gasteiger partial charge in [0.2, 0.25) is 17.5 Å². The molecule has 4 aromatic rings. The van der Waals surface area contributed by atoms with Crippen LogP contribution in [-0.2, 0) is 0 Å². The van der Waals surface area contributed by atoms with Gasteiger partial charge < -0.3 is 15.4 Å². The third-order valence-electron chi connectivity index (χ3n) is 5.41. The molecule has 8 nitrogen and oxygen atoms in total. The Bertz CT molecular complexity index is 1440. The second-order valence-corrected chi connectivity index (χ2v) is 8.10. The molecule has 4 rings (SSSR count). The number of rotatable bonds is 8. The summed E-state index contributed by atoms with van der Waals surface area (Å²) in [5.74, 6) is 0.187. The summed E-state index contributed by atoms with van der Waals surface area (Å²) in [6.07, 6.45) is -1.31. The first kappa shape index (κ1) is 25.4. The number of pyridine rings is 2. The van der Waals surface area contributed by atoms with Crippen LogP contribution in [0.1, 0.15) is 17.8 Å². The van der Waals surface area contributed by atoms with Crippen LogP contribution < -0.4 is 15.4 Å². The van der Waals surface area contributed by atoms with Gasteiger partial charge in [-0.2, -0.15) is 4.98 Å². The van der Waals surface area contributed by atoms with Crippen LogP contribution in [0.4, 0.5) is 30.6 Å². The third-order valence-corrected chi connectivity index (χ3v) is 5.41. The van der Waals surface area contributed by atoms with Gasteiger partial charge in [-0.1, -0.05) is 6.07 Å². The van der Waals surface area contributed by atoms with E-state index in [-0.39, 0.29) is 18.4 Å². The summed E-state index contributed by atoms with van der Waals surface area (Å²) in [5, 5.41) is 0. The van der Waals surface area contributed by atoms with E-state index in [2.05, 4.69) is 24.8 Å². The lowest BCUT2D eigenvalue weighted by atomic mass is 9.99. The SMILES string of the molecule is [C-]#[N+]c1ccc(N(C)CCOc2nc(N)nc(-c3ccc(F)cc3)c2-c2cc(C)nc(C(F)F)c2)nc1. The Hall–Kier alpha value is -4.72. The maximum atomic E-state index is 13.6. The van der Waals surface area contributed by atoms with Gasteiger partial charge in [0, 0.05) is 24.5 Å².